The van der Waals surface area contributed by atoms with E-state index in [0.717, 1.165) is 109 Å². The topological polar surface area (TPSA) is 112 Å². The maximum Gasteiger partial charge on any atom is 0.219 e. The van der Waals surface area contributed by atoms with Crippen LogP contribution in [0.1, 0.15) is 278 Å². The molecule has 0 saturated heterocycles. The van der Waals surface area contributed by atoms with Gasteiger partial charge in [0.1, 0.15) is 0 Å². The van der Waals surface area contributed by atoms with Crippen molar-refractivity contribution in [3.8, 4) is 0 Å². The molecule has 0 fully saturated rings. The molecule has 2 atom stereocenters. The lowest BCUT2D eigenvalue weighted by Crippen LogP contribution is -2.69. The quantitative estimate of drug-likeness (QED) is 0.0319. The highest BCUT2D eigenvalue weighted by atomic mass is 16.4. The first-order valence-corrected chi connectivity index (χ1v) is 26.4. The average Bonchev–Trinajstić information content (AvgIpc) is 3.26. The van der Waals surface area contributed by atoms with Gasteiger partial charge in [-0.25, -0.2) is 0 Å². The van der Waals surface area contributed by atoms with Gasteiger partial charge in [0.2, 0.25) is 5.60 Å². The summed E-state index contributed by atoms with van der Waals surface area (Å²) in [4.78, 5) is 41.2. The number of carbonyl (C=O) groups is 3. The van der Waals surface area contributed by atoms with Crippen molar-refractivity contribution in [2.75, 3.05) is 6.61 Å². The van der Waals surface area contributed by atoms with Crippen LogP contribution in [0.2, 0.25) is 0 Å². The van der Waals surface area contributed by atoms with Gasteiger partial charge in [-0.3, -0.25) is 14.4 Å². The predicted molar refractivity (Wildman–Crippen MR) is 261 cm³/mol. The monoisotopic (exact) mass is 857 g/mol. The van der Waals surface area contributed by atoms with Crippen molar-refractivity contribution in [1.29, 1.82) is 0 Å². The first-order valence-electron chi connectivity index (χ1n) is 26.4. The van der Waals surface area contributed by atoms with E-state index in [1.54, 1.807) is 0 Å². The number of aliphatic hydroxyl groups excluding tert-OH is 1. The standard InChI is InChI=1S/C55H100O6/c1-4-7-10-13-16-19-22-25-27-30-33-36-39-42-45-48-52(58)55(61,53(59)49-46-43-40-37-34-31-28-26-23-20-17-14-11-8-5-2)54(60,50-56)51(57)47-44-41-38-35-32-29-24-21-18-15-12-9-6-3/h16,19,25-28,56,60-61H,4-15,17-18,20-24,29-50H2,1-3H3/b19-16-,27-25-,28-26-. The van der Waals surface area contributed by atoms with Crippen molar-refractivity contribution in [2.45, 2.75) is 289 Å². The molecule has 3 N–H and O–H groups in total. The predicted octanol–water partition coefficient (Wildman–Crippen LogP) is 15.5. The number of hydrogen-bond donors (Lipinski definition) is 3. The highest BCUT2D eigenvalue weighted by Crippen LogP contribution is 2.32. The van der Waals surface area contributed by atoms with E-state index in [1.807, 2.05) is 0 Å². The van der Waals surface area contributed by atoms with E-state index in [9.17, 15) is 29.7 Å². The number of unbranched alkanes of at least 4 members (excludes halogenated alkanes) is 31. The Morgan fingerprint density at radius 1 is 0.344 bits per heavy atom. The highest BCUT2D eigenvalue weighted by Gasteiger charge is 2.62. The van der Waals surface area contributed by atoms with Crippen LogP contribution in [0.5, 0.6) is 0 Å². The number of ketones is 3. The van der Waals surface area contributed by atoms with Gasteiger partial charge < -0.3 is 15.3 Å². The van der Waals surface area contributed by atoms with Crippen LogP contribution in [0.15, 0.2) is 36.5 Å². The van der Waals surface area contributed by atoms with Gasteiger partial charge >= 0.3 is 0 Å². The third-order valence-electron chi connectivity index (χ3n) is 12.6. The van der Waals surface area contributed by atoms with Gasteiger partial charge in [-0.2, -0.15) is 0 Å². The number of hydrogen-bond acceptors (Lipinski definition) is 6. The summed E-state index contributed by atoms with van der Waals surface area (Å²) in [6.07, 6.45) is 53.5. The molecule has 0 rings (SSSR count). The molecular weight excluding hydrogens is 757 g/mol. The van der Waals surface area contributed by atoms with Crippen LogP contribution in [-0.2, 0) is 14.4 Å². The van der Waals surface area contributed by atoms with Gasteiger partial charge in [0, 0.05) is 19.3 Å². The molecule has 0 bridgehead atoms. The lowest BCUT2D eigenvalue weighted by Gasteiger charge is -2.39. The molecule has 0 saturated carbocycles. The number of allylic oxidation sites excluding steroid dienone is 6. The summed E-state index contributed by atoms with van der Waals surface area (Å²) in [5, 5.41) is 34.1. The minimum Gasteiger partial charge on any atom is -0.393 e. The zero-order valence-electron chi connectivity index (χ0n) is 40.5. The molecule has 6 nitrogen and oxygen atoms in total. The second kappa shape index (κ2) is 43.4. The number of aliphatic hydroxyl groups is 3. The Labute approximate surface area is 377 Å². The summed E-state index contributed by atoms with van der Waals surface area (Å²) in [5.41, 5.74) is -5.78. The molecule has 0 amide bonds. The molecule has 0 heterocycles. The molecule has 61 heavy (non-hydrogen) atoms. The van der Waals surface area contributed by atoms with Gasteiger partial charge in [0.25, 0.3) is 0 Å². The third-order valence-corrected chi connectivity index (χ3v) is 12.6. The fraction of sp³-hybridized carbons (Fsp3) is 0.836. The summed E-state index contributed by atoms with van der Waals surface area (Å²) in [6, 6.07) is 0. The molecule has 0 aliphatic heterocycles. The number of carbonyl (C=O) groups excluding carboxylic acids is 3. The highest BCUT2D eigenvalue weighted by molar-refractivity contribution is 6.16. The minimum atomic E-state index is -2.94. The van der Waals surface area contributed by atoms with Crippen LogP contribution in [0.25, 0.3) is 0 Å². The fourth-order valence-electron chi connectivity index (χ4n) is 8.35. The van der Waals surface area contributed by atoms with E-state index in [0.29, 0.717) is 19.3 Å². The Bertz CT molecular complexity index is 1110. The Morgan fingerprint density at radius 2 is 0.590 bits per heavy atom. The fourth-order valence-corrected chi connectivity index (χ4v) is 8.35. The molecule has 2 unspecified atom stereocenters. The SMILES string of the molecule is CCCCC/C=C\C/C=C\CCCCCCCC(=O)C(O)(C(=O)CCCCCCC/C=C\CCCCCCCC)C(O)(CO)C(=O)CCCCCCCCCCCCCCC. The zero-order valence-corrected chi connectivity index (χ0v) is 40.5. The molecule has 0 aromatic rings. The molecule has 0 radical (unpaired) electrons. The van der Waals surface area contributed by atoms with Crippen LogP contribution >= 0.6 is 0 Å². The Kier molecular flexibility index (Phi) is 42.0. The smallest absolute Gasteiger partial charge is 0.219 e. The van der Waals surface area contributed by atoms with Gasteiger partial charge in [-0.05, 0) is 77.0 Å². The Hall–Kier alpha value is -1.89. The molecule has 356 valence electrons. The van der Waals surface area contributed by atoms with Crippen LogP contribution < -0.4 is 0 Å². The normalized spacial score (nSPS) is 14.1. The summed E-state index contributed by atoms with van der Waals surface area (Å²) in [6.45, 7) is 5.55. The van der Waals surface area contributed by atoms with E-state index in [2.05, 4.69) is 57.2 Å². The van der Waals surface area contributed by atoms with Crippen LogP contribution in [0.4, 0.5) is 0 Å². The third kappa shape index (κ3) is 30.8. The summed E-state index contributed by atoms with van der Waals surface area (Å²) < 4.78 is 0. The summed E-state index contributed by atoms with van der Waals surface area (Å²) in [5.74, 6) is -2.49. The van der Waals surface area contributed by atoms with E-state index < -0.39 is 35.2 Å². The lowest BCUT2D eigenvalue weighted by atomic mass is 9.71. The van der Waals surface area contributed by atoms with E-state index in [1.165, 1.54) is 109 Å². The number of Topliss-reactive ketones (excluding diaryl/α,β-unsaturated/α-hetero) is 3. The van der Waals surface area contributed by atoms with Crippen molar-refractivity contribution in [1.82, 2.24) is 0 Å². The Morgan fingerprint density at radius 3 is 0.918 bits per heavy atom. The summed E-state index contributed by atoms with van der Waals surface area (Å²) in [7, 11) is 0. The first-order chi connectivity index (χ1) is 29.8. The van der Waals surface area contributed by atoms with Gasteiger partial charge in [-0.15, -0.1) is 0 Å². The first kappa shape index (κ1) is 59.1. The van der Waals surface area contributed by atoms with Gasteiger partial charge in [0.05, 0.1) is 6.61 Å². The summed E-state index contributed by atoms with van der Waals surface area (Å²) >= 11 is 0. The molecule has 0 aromatic heterocycles. The zero-order chi connectivity index (χ0) is 45.0. The molecule has 0 aliphatic carbocycles. The van der Waals surface area contributed by atoms with E-state index in [4.69, 9.17) is 0 Å². The molecular formula is C55H100O6. The van der Waals surface area contributed by atoms with Crippen molar-refractivity contribution in [3.63, 3.8) is 0 Å². The average molecular weight is 857 g/mol. The van der Waals surface area contributed by atoms with Crippen molar-refractivity contribution >= 4 is 17.3 Å². The van der Waals surface area contributed by atoms with Crippen molar-refractivity contribution in [3.05, 3.63) is 36.5 Å². The molecule has 0 aromatic carbocycles. The molecule has 6 heteroatoms. The van der Waals surface area contributed by atoms with Crippen LogP contribution in [0.3, 0.4) is 0 Å². The second-order valence-corrected chi connectivity index (χ2v) is 18.3. The largest absolute Gasteiger partial charge is 0.393 e. The van der Waals surface area contributed by atoms with Crippen molar-refractivity contribution in [2.24, 2.45) is 0 Å². The van der Waals surface area contributed by atoms with E-state index >= 15 is 0 Å². The van der Waals surface area contributed by atoms with Gasteiger partial charge in [-0.1, -0.05) is 218 Å². The minimum absolute atomic E-state index is 0.0885. The maximum absolute atomic E-state index is 13.8. The lowest BCUT2D eigenvalue weighted by molar-refractivity contribution is -0.194. The van der Waals surface area contributed by atoms with Gasteiger partial charge in [0.15, 0.2) is 23.0 Å². The molecule has 0 spiro atoms. The van der Waals surface area contributed by atoms with Crippen molar-refractivity contribution < 1.29 is 29.7 Å². The molecule has 0 aliphatic rings. The Balaban J connectivity index is 5.00. The van der Waals surface area contributed by atoms with Crippen LogP contribution in [-0.4, -0.2) is 50.5 Å². The number of rotatable bonds is 48. The second-order valence-electron chi connectivity index (χ2n) is 18.3. The maximum atomic E-state index is 13.8. The van der Waals surface area contributed by atoms with E-state index in [-0.39, 0.29) is 19.3 Å². The van der Waals surface area contributed by atoms with Crippen LogP contribution in [0, 0.1) is 0 Å².